The number of carbonyl (C=O) groups is 2. The molecule has 1 saturated heterocycles. The predicted molar refractivity (Wildman–Crippen MR) is 98.4 cm³/mol. The van der Waals surface area contributed by atoms with Gasteiger partial charge in [0.25, 0.3) is 5.91 Å². The molecule has 3 rings (SSSR count). The lowest BCUT2D eigenvalue weighted by molar-refractivity contribution is -0.0500. The van der Waals surface area contributed by atoms with Gasteiger partial charge in [0.15, 0.2) is 0 Å². The van der Waals surface area contributed by atoms with Crippen LogP contribution >= 0.6 is 0 Å². The van der Waals surface area contributed by atoms with Crippen LogP contribution in [0.15, 0.2) is 18.2 Å². The van der Waals surface area contributed by atoms with Crippen LogP contribution in [0, 0.1) is 5.92 Å². The van der Waals surface area contributed by atoms with Gasteiger partial charge in [-0.15, -0.1) is 0 Å². The molecule has 1 fully saturated rings. The topological polar surface area (TPSA) is 102 Å². The smallest absolute Gasteiger partial charge is 0.444 e. The first kappa shape index (κ1) is 22.2. The van der Waals surface area contributed by atoms with Crippen molar-refractivity contribution in [2.75, 3.05) is 19.6 Å². The molecule has 1 N–H and O–H groups in total. The molecule has 2 heterocycles. The average molecular weight is 450 g/mol. The molecule has 0 bridgehead atoms. The highest BCUT2D eigenvalue weighted by atomic mass is 32.2. The third-order valence-electron chi connectivity index (χ3n) is 4.78. The van der Waals surface area contributed by atoms with Crippen molar-refractivity contribution in [3.8, 4) is 5.75 Å². The van der Waals surface area contributed by atoms with Gasteiger partial charge in [-0.05, 0) is 38.5 Å². The summed E-state index contributed by atoms with van der Waals surface area (Å²) in [4.78, 5) is 26.3. The maximum absolute atomic E-state index is 12.6. The molecule has 2 amide bonds. The van der Waals surface area contributed by atoms with E-state index in [1.54, 1.807) is 20.8 Å². The van der Waals surface area contributed by atoms with Gasteiger partial charge < -0.3 is 19.1 Å². The zero-order valence-corrected chi connectivity index (χ0v) is 17.3. The number of fused-ring (bicyclic) bond motifs is 3. The first-order valence-corrected chi connectivity index (χ1v) is 10.5. The Balaban J connectivity index is 1.88. The normalized spacial score (nSPS) is 21.9. The third kappa shape index (κ3) is 4.47. The van der Waals surface area contributed by atoms with Gasteiger partial charge in [0.1, 0.15) is 11.4 Å². The summed E-state index contributed by atoms with van der Waals surface area (Å²) < 4.78 is 69.7. The summed E-state index contributed by atoms with van der Waals surface area (Å²) in [6, 6.07) is 3.39. The summed E-state index contributed by atoms with van der Waals surface area (Å²) in [5.74, 6) is -1.59. The fourth-order valence-electron chi connectivity index (χ4n) is 3.51. The van der Waals surface area contributed by atoms with E-state index in [-0.39, 0.29) is 30.5 Å². The first-order valence-electron chi connectivity index (χ1n) is 9.09. The molecule has 2 aliphatic rings. The van der Waals surface area contributed by atoms with E-state index in [0.717, 1.165) is 12.1 Å². The summed E-state index contributed by atoms with van der Waals surface area (Å²) in [7, 11) is -5.86. The summed E-state index contributed by atoms with van der Waals surface area (Å²) in [5, 5.41) is 2.66. The first-order chi connectivity index (χ1) is 13.7. The SMILES string of the molecule is CC(C)(C)OC(=O)N1CC2CNC(=O)c3cc(OS(=O)(=O)C(F)(F)F)ccc3C2C1. The number of halogens is 3. The van der Waals surface area contributed by atoms with Crippen molar-refractivity contribution in [1.29, 1.82) is 0 Å². The Bertz CT molecular complexity index is 971. The van der Waals surface area contributed by atoms with Gasteiger partial charge in [-0.25, -0.2) is 4.79 Å². The molecule has 1 aromatic rings. The highest BCUT2D eigenvalue weighted by Crippen LogP contribution is 2.38. The Labute approximate surface area is 171 Å². The van der Waals surface area contributed by atoms with Crippen LogP contribution in [0.4, 0.5) is 18.0 Å². The Morgan fingerprint density at radius 3 is 2.47 bits per heavy atom. The van der Waals surface area contributed by atoms with E-state index in [9.17, 15) is 31.2 Å². The molecule has 2 aliphatic heterocycles. The highest BCUT2D eigenvalue weighted by Gasteiger charge is 2.49. The van der Waals surface area contributed by atoms with Crippen LogP contribution in [-0.2, 0) is 14.9 Å². The second-order valence-corrected chi connectivity index (χ2v) is 9.73. The Morgan fingerprint density at radius 2 is 1.87 bits per heavy atom. The van der Waals surface area contributed by atoms with Crippen LogP contribution in [0.5, 0.6) is 5.75 Å². The molecule has 0 aromatic heterocycles. The lowest BCUT2D eigenvalue weighted by Gasteiger charge is -2.24. The zero-order chi connectivity index (χ0) is 22.5. The van der Waals surface area contributed by atoms with Gasteiger partial charge in [0, 0.05) is 37.0 Å². The molecule has 12 heteroatoms. The van der Waals surface area contributed by atoms with Gasteiger partial charge >= 0.3 is 21.7 Å². The number of hydrogen-bond acceptors (Lipinski definition) is 6. The largest absolute Gasteiger partial charge is 0.534 e. The fourth-order valence-corrected chi connectivity index (χ4v) is 3.96. The van der Waals surface area contributed by atoms with Crippen molar-refractivity contribution in [3.63, 3.8) is 0 Å². The number of hydrogen-bond donors (Lipinski definition) is 1. The van der Waals surface area contributed by atoms with E-state index in [2.05, 4.69) is 9.50 Å². The summed E-state index contributed by atoms with van der Waals surface area (Å²) in [6.45, 7) is 6.05. The van der Waals surface area contributed by atoms with E-state index >= 15 is 0 Å². The number of rotatable bonds is 2. The molecule has 0 aliphatic carbocycles. The monoisotopic (exact) mass is 450 g/mol. The molecular formula is C18H21F3N2O6S. The summed E-state index contributed by atoms with van der Waals surface area (Å²) in [6.07, 6.45) is -0.500. The molecule has 2 atom stereocenters. The third-order valence-corrected chi connectivity index (χ3v) is 5.75. The number of carbonyl (C=O) groups excluding carboxylic acids is 2. The number of alkyl halides is 3. The van der Waals surface area contributed by atoms with Crippen molar-refractivity contribution in [3.05, 3.63) is 29.3 Å². The van der Waals surface area contributed by atoms with E-state index in [1.807, 2.05) is 0 Å². The number of likely N-dealkylation sites (tertiary alicyclic amines) is 1. The maximum Gasteiger partial charge on any atom is 0.534 e. The lowest BCUT2D eigenvalue weighted by atomic mass is 9.87. The van der Waals surface area contributed by atoms with Crippen LogP contribution < -0.4 is 9.50 Å². The van der Waals surface area contributed by atoms with E-state index in [0.29, 0.717) is 12.1 Å². The molecule has 0 saturated carbocycles. The van der Waals surface area contributed by atoms with Crippen molar-refractivity contribution in [2.45, 2.75) is 37.8 Å². The van der Waals surface area contributed by atoms with Gasteiger partial charge in [-0.2, -0.15) is 21.6 Å². The van der Waals surface area contributed by atoms with Crippen LogP contribution in [0.3, 0.4) is 0 Å². The van der Waals surface area contributed by atoms with Crippen LogP contribution in [0.25, 0.3) is 0 Å². The predicted octanol–water partition coefficient (Wildman–Crippen LogP) is 2.61. The van der Waals surface area contributed by atoms with Crippen molar-refractivity contribution < 1.29 is 40.1 Å². The second-order valence-electron chi connectivity index (χ2n) is 8.19. The van der Waals surface area contributed by atoms with E-state index < -0.39 is 39.0 Å². The van der Waals surface area contributed by atoms with Gasteiger partial charge in [0.05, 0.1) is 0 Å². The molecule has 8 nitrogen and oxygen atoms in total. The number of amides is 2. The minimum absolute atomic E-state index is 0.00316. The van der Waals surface area contributed by atoms with Crippen LogP contribution in [-0.4, -0.2) is 56.1 Å². The lowest BCUT2D eigenvalue weighted by Crippen LogP contribution is -2.36. The minimum atomic E-state index is -5.86. The van der Waals surface area contributed by atoms with E-state index in [1.165, 1.54) is 11.0 Å². The zero-order valence-electron chi connectivity index (χ0n) is 16.4. The second kappa shape index (κ2) is 7.33. The number of ether oxygens (including phenoxy) is 1. The van der Waals surface area contributed by atoms with E-state index in [4.69, 9.17) is 4.74 Å². The molecule has 166 valence electrons. The number of benzene rings is 1. The van der Waals surface area contributed by atoms with Crippen LogP contribution in [0.1, 0.15) is 42.6 Å². The van der Waals surface area contributed by atoms with Crippen molar-refractivity contribution in [1.82, 2.24) is 10.2 Å². The molecule has 1 aromatic carbocycles. The molecule has 30 heavy (non-hydrogen) atoms. The standard InChI is InChI=1S/C18H21F3N2O6S/c1-17(2,3)28-16(25)23-8-10-7-22-15(24)13-6-11(4-5-12(13)14(10)9-23)29-30(26,27)18(19,20)21/h4-6,10,14H,7-9H2,1-3H3,(H,22,24). The van der Waals surface area contributed by atoms with Gasteiger partial charge in [-0.1, -0.05) is 6.07 Å². The fraction of sp³-hybridized carbons (Fsp3) is 0.556. The highest BCUT2D eigenvalue weighted by molar-refractivity contribution is 7.88. The maximum atomic E-state index is 12.6. The van der Waals surface area contributed by atoms with Gasteiger partial charge in [-0.3, -0.25) is 4.79 Å². The summed E-state index contributed by atoms with van der Waals surface area (Å²) >= 11 is 0. The number of nitrogens with one attached hydrogen (secondary N) is 1. The Hall–Kier alpha value is -2.50. The quantitative estimate of drug-likeness (QED) is 0.549. The van der Waals surface area contributed by atoms with Crippen molar-refractivity contribution in [2.24, 2.45) is 5.92 Å². The van der Waals surface area contributed by atoms with Crippen molar-refractivity contribution >= 4 is 22.1 Å². The van der Waals surface area contributed by atoms with Gasteiger partial charge in [0.2, 0.25) is 0 Å². The number of nitrogens with zero attached hydrogens (tertiary/aromatic N) is 1. The molecule has 0 radical (unpaired) electrons. The minimum Gasteiger partial charge on any atom is -0.444 e. The Kier molecular flexibility index (Phi) is 5.42. The molecule has 2 unspecified atom stereocenters. The Morgan fingerprint density at radius 1 is 1.20 bits per heavy atom. The average Bonchev–Trinajstić information content (AvgIpc) is 2.96. The molecular weight excluding hydrogens is 429 g/mol. The van der Waals surface area contributed by atoms with Crippen LogP contribution in [0.2, 0.25) is 0 Å². The molecule has 0 spiro atoms. The summed E-state index contributed by atoms with van der Waals surface area (Å²) in [5.41, 5.74) is -5.77.